The quantitative estimate of drug-likeness (QED) is 0.894. The topological polar surface area (TPSA) is 49.8 Å². The van der Waals surface area contributed by atoms with Crippen LogP contribution in [0.25, 0.3) is 11.4 Å². The maximum absolute atomic E-state index is 13.4. The molecule has 1 aromatic carbocycles. The number of halogens is 1. The molecule has 2 aromatic rings. The zero-order chi connectivity index (χ0) is 17.4. The van der Waals surface area contributed by atoms with Crippen LogP contribution in [0.15, 0.2) is 36.5 Å². The molecule has 0 saturated carbocycles. The highest BCUT2D eigenvalue weighted by Crippen LogP contribution is 2.30. The summed E-state index contributed by atoms with van der Waals surface area (Å²) in [7, 11) is 0. The van der Waals surface area contributed by atoms with Crippen molar-refractivity contribution in [2.45, 2.75) is 57.7 Å². The highest BCUT2D eigenvalue weighted by molar-refractivity contribution is 5.56. The highest BCUT2D eigenvalue weighted by Gasteiger charge is 2.37. The summed E-state index contributed by atoms with van der Waals surface area (Å²) in [5, 5.41) is 7.21. The fourth-order valence-corrected chi connectivity index (χ4v) is 3.84. The van der Waals surface area contributed by atoms with Gasteiger partial charge in [0.15, 0.2) is 5.82 Å². The SMILES string of the molecule is CC1(C)CC(Nc2ccnc(-c3cccc(F)c3)n2)CC(C)(C)N1. The molecule has 1 fully saturated rings. The van der Waals surface area contributed by atoms with Crippen molar-refractivity contribution in [3.05, 3.63) is 42.3 Å². The molecule has 2 N–H and O–H groups in total. The molecule has 0 atom stereocenters. The summed E-state index contributed by atoms with van der Waals surface area (Å²) < 4.78 is 13.4. The molecule has 0 aliphatic carbocycles. The lowest BCUT2D eigenvalue weighted by molar-refractivity contribution is 0.170. The first-order valence-corrected chi connectivity index (χ1v) is 8.37. The predicted molar refractivity (Wildman–Crippen MR) is 95.4 cm³/mol. The van der Waals surface area contributed by atoms with Crippen LogP contribution in [0.2, 0.25) is 0 Å². The number of nitrogens with one attached hydrogen (secondary N) is 2. The second kappa shape index (κ2) is 6.13. The lowest BCUT2D eigenvalue weighted by Crippen LogP contribution is -2.60. The van der Waals surface area contributed by atoms with E-state index in [0.717, 1.165) is 18.7 Å². The summed E-state index contributed by atoms with van der Waals surface area (Å²) in [6.07, 6.45) is 3.73. The van der Waals surface area contributed by atoms with Crippen LogP contribution in [0.1, 0.15) is 40.5 Å². The molecule has 3 rings (SSSR count). The molecule has 1 aliphatic heterocycles. The summed E-state index contributed by atoms with van der Waals surface area (Å²) in [5.41, 5.74) is 0.819. The molecule has 0 radical (unpaired) electrons. The van der Waals surface area contributed by atoms with Crippen molar-refractivity contribution in [2.75, 3.05) is 5.32 Å². The predicted octanol–water partition coefficient (Wildman–Crippen LogP) is 4.00. The van der Waals surface area contributed by atoms with E-state index in [-0.39, 0.29) is 16.9 Å². The second-order valence-electron chi connectivity index (χ2n) is 7.92. The van der Waals surface area contributed by atoms with Crippen molar-refractivity contribution in [1.82, 2.24) is 15.3 Å². The zero-order valence-corrected chi connectivity index (χ0v) is 14.7. The van der Waals surface area contributed by atoms with E-state index >= 15 is 0 Å². The number of anilines is 1. The smallest absolute Gasteiger partial charge is 0.161 e. The number of hydrogen-bond donors (Lipinski definition) is 2. The fourth-order valence-electron chi connectivity index (χ4n) is 3.84. The number of rotatable bonds is 3. The molecule has 4 nitrogen and oxygen atoms in total. The third kappa shape index (κ3) is 4.09. The molecule has 0 unspecified atom stereocenters. The van der Waals surface area contributed by atoms with E-state index in [1.807, 2.05) is 12.1 Å². The molecule has 1 aromatic heterocycles. The lowest BCUT2D eigenvalue weighted by atomic mass is 9.79. The molecule has 1 saturated heterocycles. The molecule has 24 heavy (non-hydrogen) atoms. The van der Waals surface area contributed by atoms with Crippen LogP contribution in [-0.4, -0.2) is 27.1 Å². The van der Waals surface area contributed by atoms with E-state index in [9.17, 15) is 4.39 Å². The number of nitrogens with zero attached hydrogens (tertiary/aromatic N) is 2. The Balaban J connectivity index is 1.80. The average Bonchev–Trinajstić information content (AvgIpc) is 2.44. The van der Waals surface area contributed by atoms with Crippen LogP contribution in [0.5, 0.6) is 0 Å². The van der Waals surface area contributed by atoms with Gasteiger partial charge < -0.3 is 10.6 Å². The highest BCUT2D eigenvalue weighted by atomic mass is 19.1. The van der Waals surface area contributed by atoms with Gasteiger partial charge >= 0.3 is 0 Å². The Morgan fingerprint density at radius 2 is 1.83 bits per heavy atom. The Kier molecular flexibility index (Phi) is 4.30. The fraction of sp³-hybridized carbons (Fsp3) is 0.474. The first kappa shape index (κ1) is 16.8. The van der Waals surface area contributed by atoms with Gasteiger partial charge in [-0.2, -0.15) is 0 Å². The Labute approximate surface area is 142 Å². The Bertz CT molecular complexity index is 711. The first-order valence-electron chi connectivity index (χ1n) is 8.37. The number of hydrogen-bond acceptors (Lipinski definition) is 4. The number of benzene rings is 1. The van der Waals surface area contributed by atoms with Crippen LogP contribution in [-0.2, 0) is 0 Å². The Morgan fingerprint density at radius 3 is 2.50 bits per heavy atom. The molecular formula is C19H25FN4. The monoisotopic (exact) mass is 328 g/mol. The van der Waals surface area contributed by atoms with Crippen molar-refractivity contribution in [3.8, 4) is 11.4 Å². The van der Waals surface area contributed by atoms with Crippen LogP contribution in [0.3, 0.4) is 0 Å². The van der Waals surface area contributed by atoms with Gasteiger partial charge in [0.25, 0.3) is 0 Å². The Hall–Kier alpha value is -2.01. The second-order valence-corrected chi connectivity index (χ2v) is 7.92. The maximum atomic E-state index is 13.4. The van der Waals surface area contributed by atoms with Crippen molar-refractivity contribution in [3.63, 3.8) is 0 Å². The van der Waals surface area contributed by atoms with Crippen LogP contribution in [0.4, 0.5) is 10.2 Å². The number of piperidine rings is 1. The van der Waals surface area contributed by atoms with Crippen molar-refractivity contribution in [2.24, 2.45) is 0 Å². The summed E-state index contributed by atoms with van der Waals surface area (Å²) in [6.45, 7) is 8.89. The summed E-state index contributed by atoms with van der Waals surface area (Å²) >= 11 is 0. The molecule has 0 spiro atoms. The zero-order valence-electron chi connectivity index (χ0n) is 14.7. The standard InChI is InChI=1S/C19H25FN4/c1-18(2)11-15(12-19(3,4)24-18)22-16-8-9-21-17(23-16)13-6-5-7-14(20)10-13/h5-10,15,24H,11-12H2,1-4H3,(H,21,22,23). The molecule has 5 heteroatoms. The van der Waals surface area contributed by atoms with E-state index in [4.69, 9.17) is 0 Å². The van der Waals surface area contributed by atoms with Gasteiger partial charge in [0.1, 0.15) is 11.6 Å². The van der Waals surface area contributed by atoms with E-state index in [1.54, 1.807) is 12.3 Å². The molecule has 128 valence electrons. The van der Waals surface area contributed by atoms with Crippen molar-refractivity contribution >= 4 is 5.82 Å². The minimum atomic E-state index is -0.281. The van der Waals surface area contributed by atoms with Gasteiger partial charge in [-0.3, -0.25) is 0 Å². The Morgan fingerprint density at radius 1 is 1.12 bits per heavy atom. The average molecular weight is 328 g/mol. The van der Waals surface area contributed by atoms with Gasteiger partial charge in [0.2, 0.25) is 0 Å². The largest absolute Gasteiger partial charge is 0.367 e. The van der Waals surface area contributed by atoms with Gasteiger partial charge in [0, 0.05) is 28.9 Å². The van der Waals surface area contributed by atoms with E-state index in [1.165, 1.54) is 12.1 Å². The molecular weight excluding hydrogens is 303 g/mol. The molecule has 1 aliphatic rings. The third-order valence-corrected chi connectivity index (χ3v) is 4.28. The number of aromatic nitrogens is 2. The van der Waals surface area contributed by atoms with Gasteiger partial charge in [-0.1, -0.05) is 12.1 Å². The lowest BCUT2D eigenvalue weighted by Gasteiger charge is -2.46. The van der Waals surface area contributed by atoms with Crippen LogP contribution < -0.4 is 10.6 Å². The van der Waals surface area contributed by atoms with Gasteiger partial charge in [0.05, 0.1) is 0 Å². The van der Waals surface area contributed by atoms with E-state index < -0.39 is 0 Å². The summed E-state index contributed by atoms with van der Waals surface area (Å²) in [6, 6.07) is 8.56. The van der Waals surface area contributed by atoms with Crippen molar-refractivity contribution < 1.29 is 4.39 Å². The molecule has 2 heterocycles. The minimum Gasteiger partial charge on any atom is -0.367 e. The first-order chi connectivity index (χ1) is 11.2. The van der Waals surface area contributed by atoms with Crippen molar-refractivity contribution in [1.29, 1.82) is 0 Å². The third-order valence-electron chi connectivity index (χ3n) is 4.28. The van der Waals surface area contributed by atoms with E-state index in [0.29, 0.717) is 17.4 Å². The van der Waals surface area contributed by atoms with Gasteiger partial charge in [-0.15, -0.1) is 0 Å². The van der Waals surface area contributed by atoms with Crippen LogP contribution in [0, 0.1) is 5.82 Å². The molecule has 0 bridgehead atoms. The summed E-state index contributed by atoms with van der Waals surface area (Å²) in [5.74, 6) is 1.03. The normalized spacial score (nSPS) is 19.9. The molecule has 0 amide bonds. The van der Waals surface area contributed by atoms with Gasteiger partial charge in [-0.25, -0.2) is 14.4 Å². The van der Waals surface area contributed by atoms with Crippen LogP contribution >= 0.6 is 0 Å². The minimum absolute atomic E-state index is 0.0673. The summed E-state index contributed by atoms with van der Waals surface area (Å²) in [4.78, 5) is 8.84. The van der Waals surface area contributed by atoms with E-state index in [2.05, 4.69) is 48.3 Å². The van der Waals surface area contributed by atoms with Gasteiger partial charge in [-0.05, 0) is 58.7 Å². The maximum Gasteiger partial charge on any atom is 0.161 e.